The third-order valence-corrected chi connectivity index (χ3v) is 3.37. The monoisotopic (exact) mass is 296 g/mol. The zero-order chi connectivity index (χ0) is 15.4. The van der Waals surface area contributed by atoms with Crippen LogP contribution in [0.1, 0.15) is 18.5 Å². The Morgan fingerprint density at radius 1 is 1.36 bits per heavy atom. The quantitative estimate of drug-likeness (QED) is 0.784. The number of carbonyl (C=O) groups is 1. The summed E-state index contributed by atoms with van der Waals surface area (Å²) in [7, 11) is 0. The van der Waals surface area contributed by atoms with Gasteiger partial charge in [-0.15, -0.1) is 0 Å². The van der Waals surface area contributed by atoms with Crippen molar-refractivity contribution < 1.29 is 9.21 Å². The zero-order valence-electron chi connectivity index (χ0n) is 12.1. The highest BCUT2D eigenvalue weighted by Gasteiger charge is 2.14. The second kappa shape index (κ2) is 6.26. The summed E-state index contributed by atoms with van der Waals surface area (Å²) in [4.78, 5) is 16.4. The average Bonchev–Trinajstić information content (AvgIpc) is 3.25. The molecule has 112 valence electrons. The standard InChI is InChI=1S/C16H16N4O2/c1-12(20-8-3-7-19-20)16(21)18-11-13-5-6-14(17-10-13)15-4-2-9-22-15/h2-10,12H,11H2,1H3,(H,18,21). The summed E-state index contributed by atoms with van der Waals surface area (Å²) in [6, 6.07) is 8.92. The molecule has 1 unspecified atom stereocenters. The van der Waals surface area contributed by atoms with E-state index in [9.17, 15) is 4.79 Å². The maximum Gasteiger partial charge on any atom is 0.244 e. The first-order valence-corrected chi connectivity index (χ1v) is 6.99. The van der Waals surface area contributed by atoms with Crippen molar-refractivity contribution in [2.24, 2.45) is 0 Å². The maximum atomic E-state index is 12.1. The average molecular weight is 296 g/mol. The molecule has 22 heavy (non-hydrogen) atoms. The van der Waals surface area contributed by atoms with Gasteiger partial charge in [-0.1, -0.05) is 6.07 Å². The second-order valence-corrected chi connectivity index (χ2v) is 4.91. The van der Waals surface area contributed by atoms with Gasteiger partial charge in [0, 0.05) is 25.1 Å². The SMILES string of the molecule is CC(C(=O)NCc1ccc(-c2ccco2)nc1)n1cccn1. The Kier molecular flexibility index (Phi) is 4.00. The van der Waals surface area contributed by atoms with Gasteiger partial charge >= 0.3 is 0 Å². The van der Waals surface area contributed by atoms with E-state index >= 15 is 0 Å². The number of aromatic nitrogens is 3. The minimum Gasteiger partial charge on any atom is -0.463 e. The van der Waals surface area contributed by atoms with Crippen molar-refractivity contribution in [3.63, 3.8) is 0 Å². The molecule has 3 heterocycles. The van der Waals surface area contributed by atoms with Crippen LogP contribution in [0.2, 0.25) is 0 Å². The van der Waals surface area contributed by atoms with E-state index in [1.165, 1.54) is 0 Å². The second-order valence-electron chi connectivity index (χ2n) is 4.91. The Morgan fingerprint density at radius 3 is 2.91 bits per heavy atom. The third kappa shape index (κ3) is 3.06. The Balaban J connectivity index is 1.58. The summed E-state index contributed by atoms with van der Waals surface area (Å²) in [5.74, 6) is 0.640. The molecule has 6 nitrogen and oxygen atoms in total. The number of carbonyl (C=O) groups excluding carboxylic acids is 1. The van der Waals surface area contributed by atoms with E-state index in [0.29, 0.717) is 6.54 Å². The molecule has 3 aromatic heterocycles. The van der Waals surface area contributed by atoms with Gasteiger partial charge in [-0.25, -0.2) is 0 Å². The molecule has 0 saturated heterocycles. The number of hydrogen-bond acceptors (Lipinski definition) is 4. The predicted octanol–water partition coefficient (Wildman–Crippen LogP) is 2.42. The van der Waals surface area contributed by atoms with Crippen molar-refractivity contribution in [3.8, 4) is 11.5 Å². The molecule has 0 aromatic carbocycles. The fourth-order valence-corrected chi connectivity index (χ4v) is 2.07. The van der Waals surface area contributed by atoms with E-state index in [1.807, 2.05) is 24.3 Å². The molecule has 6 heteroatoms. The van der Waals surface area contributed by atoms with Crippen LogP contribution in [0.5, 0.6) is 0 Å². The molecule has 0 saturated carbocycles. The molecule has 0 fully saturated rings. The van der Waals surface area contributed by atoms with Crippen LogP contribution in [0.15, 0.2) is 59.6 Å². The molecule has 0 aliphatic heterocycles. The maximum absolute atomic E-state index is 12.1. The number of nitrogens with zero attached hydrogens (tertiary/aromatic N) is 3. The fraction of sp³-hybridized carbons (Fsp3) is 0.188. The summed E-state index contributed by atoms with van der Waals surface area (Å²) >= 11 is 0. The van der Waals surface area contributed by atoms with E-state index in [0.717, 1.165) is 17.0 Å². The van der Waals surface area contributed by atoms with Gasteiger partial charge in [-0.05, 0) is 36.8 Å². The van der Waals surface area contributed by atoms with Crippen molar-refractivity contribution in [3.05, 3.63) is 60.7 Å². The fourth-order valence-electron chi connectivity index (χ4n) is 2.07. The molecule has 1 amide bonds. The van der Waals surface area contributed by atoms with Crippen molar-refractivity contribution in [2.75, 3.05) is 0 Å². The van der Waals surface area contributed by atoms with Crippen molar-refractivity contribution >= 4 is 5.91 Å². The molecule has 0 aliphatic carbocycles. The summed E-state index contributed by atoms with van der Waals surface area (Å²) in [6.45, 7) is 2.23. The molecule has 0 aliphatic rings. The molecule has 0 radical (unpaired) electrons. The summed E-state index contributed by atoms with van der Waals surface area (Å²) in [5.41, 5.74) is 1.70. The minimum atomic E-state index is -0.342. The van der Waals surface area contributed by atoms with Crippen molar-refractivity contribution in [1.29, 1.82) is 0 Å². The largest absolute Gasteiger partial charge is 0.463 e. The molecule has 1 N–H and O–H groups in total. The first kappa shape index (κ1) is 14.1. The molecule has 0 spiro atoms. The van der Waals surface area contributed by atoms with E-state index < -0.39 is 0 Å². The van der Waals surface area contributed by atoms with Gasteiger partial charge in [0.1, 0.15) is 11.7 Å². The third-order valence-electron chi connectivity index (χ3n) is 3.37. The zero-order valence-corrected chi connectivity index (χ0v) is 12.1. The van der Waals surface area contributed by atoms with Gasteiger partial charge in [-0.2, -0.15) is 5.10 Å². The molecule has 1 atom stereocenters. The van der Waals surface area contributed by atoms with Gasteiger partial charge in [0.05, 0.1) is 6.26 Å². The van der Waals surface area contributed by atoms with E-state index in [1.54, 1.807) is 42.5 Å². The van der Waals surface area contributed by atoms with E-state index in [-0.39, 0.29) is 11.9 Å². The van der Waals surface area contributed by atoms with Gasteiger partial charge < -0.3 is 9.73 Å². The van der Waals surface area contributed by atoms with Crippen LogP contribution in [-0.4, -0.2) is 20.7 Å². The number of rotatable bonds is 5. The topological polar surface area (TPSA) is 73.0 Å². The van der Waals surface area contributed by atoms with Crippen molar-refractivity contribution in [1.82, 2.24) is 20.1 Å². The lowest BCUT2D eigenvalue weighted by Crippen LogP contribution is -2.30. The van der Waals surface area contributed by atoms with Gasteiger partial charge in [0.25, 0.3) is 0 Å². The van der Waals surface area contributed by atoms with Crippen LogP contribution < -0.4 is 5.32 Å². The van der Waals surface area contributed by atoms with Gasteiger partial charge in [0.2, 0.25) is 5.91 Å². The van der Waals surface area contributed by atoms with Crippen molar-refractivity contribution in [2.45, 2.75) is 19.5 Å². The number of furan rings is 1. The highest BCUT2D eigenvalue weighted by Crippen LogP contribution is 2.17. The normalized spacial score (nSPS) is 12.0. The molecule has 3 rings (SSSR count). The first-order chi connectivity index (χ1) is 10.7. The number of pyridine rings is 1. The van der Waals surface area contributed by atoms with Crippen LogP contribution in [0, 0.1) is 0 Å². The molecule has 3 aromatic rings. The lowest BCUT2D eigenvalue weighted by atomic mass is 10.2. The summed E-state index contributed by atoms with van der Waals surface area (Å²) in [6.07, 6.45) is 6.77. The van der Waals surface area contributed by atoms with E-state index in [4.69, 9.17) is 4.42 Å². The summed E-state index contributed by atoms with van der Waals surface area (Å²) < 4.78 is 6.91. The Bertz CT molecular complexity index is 718. The number of nitrogens with one attached hydrogen (secondary N) is 1. The smallest absolute Gasteiger partial charge is 0.244 e. The highest BCUT2D eigenvalue weighted by molar-refractivity contribution is 5.79. The van der Waals surface area contributed by atoms with Crippen LogP contribution in [0.25, 0.3) is 11.5 Å². The summed E-state index contributed by atoms with van der Waals surface area (Å²) in [5, 5.41) is 6.94. The van der Waals surface area contributed by atoms with Gasteiger partial charge in [0.15, 0.2) is 5.76 Å². The minimum absolute atomic E-state index is 0.0844. The number of amides is 1. The van der Waals surface area contributed by atoms with Crippen LogP contribution in [-0.2, 0) is 11.3 Å². The number of hydrogen-bond donors (Lipinski definition) is 1. The van der Waals surface area contributed by atoms with Crippen LogP contribution >= 0.6 is 0 Å². The van der Waals surface area contributed by atoms with E-state index in [2.05, 4.69) is 15.4 Å². The Hall–Kier alpha value is -2.89. The lowest BCUT2D eigenvalue weighted by Gasteiger charge is -2.12. The van der Waals surface area contributed by atoms with Crippen LogP contribution in [0.3, 0.4) is 0 Å². The molecular formula is C16H16N4O2. The predicted molar refractivity (Wildman–Crippen MR) is 80.7 cm³/mol. The van der Waals surface area contributed by atoms with Crippen LogP contribution in [0.4, 0.5) is 0 Å². The van der Waals surface area contributed by atoms with Gasteiger partial charge in [-0.3, -0.25) is 14.5 Å². The molecule has 0 bridgehead atoms. The highest BCUT2D eigenvalue weighted by atomic mass is 16.3. The first-order valence-electron chi connectivity index (χ1n) is 6.99. The molecular weight excluding hydrogens is 280 g/mol. The lowest BCUT2D eigenvalue weighted by molar-refractivity contribution is -0.124. The Labute approximate surface area is 127 Å². The Morgan fingerprint density at radius 2 is 2.27 bits per heavy atom.